The van der Waals surface area contributed by atoms with Crippen LogP contribution >= 0.6 is 0 Å². The van der Waals surface area contributed by atoms with Gasteiger partial charge >= 0.3 is 0 Å². The van der Waals surface area contributed by atoms with E-state index in [9.17, 15) is 20.1 Å². The predicted octanol–water partition coefficient (Wildman–Crippen LogP) is -2.43. The number of carbonyl (C=O) groups excluding carboxylic acids is 1. The zero-order valence-electron chi connectivity index (χ0n) is 7.44. The Morgan fingerprint density at radius 3 is 2.21 bits per heavy atom. The highest BCUT2D eigenvalue weighted by molar-refractivity contribution is 5.37. The number of aliphatic hydroxyl groups is 3. The van der Waals surface area contributed by atoms with Crippen molar-refractivity contribution in [2.45, 2.75) is 30.9 Å². The van der Waals surface area contributed by atoms with Crippen molar-refractivity contribution in [3.05, 3.63) is 0 Å². The van der Waals surface area contributed by atoms with E-state index in [1.807, 2.05) is 0 Å². The minimum Gasteiger partial charge on any atom is -0.435 e. The molecule has 7 nitrogen and oxygen atoms in total. The zero-order chi connectivity index (χ0) is 10.7. The van der Waals surface area contributed by atoms with E-state index in [4.69, 9.17) is 4.74 Å². The number of ether oxygens (including phenoxy) is 3. The van der Waals surface area contributed by atoms with Crippen molar-refractivity contribution in [1.82, 2.24) is 0 Å². The van der Waals surface area contributed by atoms with Crippen molar-refractivity contribution < 1.29 is 34.3 Å². The van der Waals surface area contributed by atoms with Crippen LogP contribution in [0.1, 0.15) is 0 Å². The predicted molar refractivity (Wildman–Crippen MR) is 40.8 cm³/mol. The van der Waals surface area contributed by atoms with Crippen LogP contribution in [0, 0.1) is 0 Å². The van der Waals surface area contributed by atoms with E-state index in [0.29, 0.717) is 0 Å². The first kappa shape index (κ1) is 11.3. The van der Waals surface area contributed by atoms with E-state index in [2.05, 4.69) is 9.47 Å². The fraction of sp³-hybridized carbons (Fsp3) is 0.857. The molecule has 0 aliphatic carbocycles. The van der Waals surface area contributed by atoms with Crippen LogP contribution in [-0.2, 0) is 19.0 Å². The molecular weight excluding hydrogens is 196 g/mol. The first-order valence-corrected chi connectivity index (χ1v) is 3.93. The summed E-state index contributed by atoms with van der Waals surface area (Å²) in [5, 5.41) is 27.9. The second-order valence-electron chi connectivity index (χ2n) is 2.81. The highest BCUT2D eigenvalue weighted by Crippen LogP contribution is 2.21. The molecule has 0 aromatic rings. The summed E-state index contributed by atoms with van der Waals surface area (Å²) < 4.78 is 13.8. The van der Waals surface area contributed by atoms with E-state index in [0.717, 1.165) is 0 Å². The van der Waals surface area contributed by atoms with Gasteiger partial charge < -0.3 is 29.5 Å². The number of hydrogen-bond donors (Lipinski definition) is 3. The smallest absolute Gasteiger partial charge is 0.295 e. The Morgan fingerprint density at radius 2 is 1.71 bits per heavy atom. The van der Waals surface area contributed by atoms with E-state index in [1.165, 1.54) is 7.11 Å². The number of aliphatic hydroxyl groups excluding tert-OH is 3. The molecule has 1 aliphatic heterocycles. The Balaban J connectivity index is 2.67. The summed E-state index contributed by atoms with van der Waals surface area (Å²) in [5.41, 5.74) is 0. The first-order chi connectivity index (χ1) is 6.61. The largest absolute Gasteiger partial charge is 0.435 e. The third kappa shape index (κ3) is 2.02. The van der Waals surface area contributed by atoms with Gasteiger partial charge in [0.05, 0.1) is 0 Å². The third-order valence-electron chi connectivity index (χ3n) is 1.95. The van der Waals surface area contributed by atoms with Gasteiger partial charge in [0.2, 0.25) is 6.29 Å². The molecule has 14 heavy (non-hydrogen) atoms. The monoisotopic (exact) mass is 208 g/mol. The average molecular weight is 208 g/mol. The molecule has 0 aromatic carbocycles. The van der Waals surface area contributed by atoms with Gasteiger partial charge in [0.1, 0.15) is 18.3 Å². The zero-order valence-corrected chi connectivity index (χ0v) is 7.44. The minimum absolute atomic E-state index is 0.0744. The quantitative estimate of drug-likeness (QED) is 0.443. The SMILES string of the molecule is CO[C@H]1O[C@H](OC=O)[C@@H](O)[C@H](O)[C@H]1O. The van der Waals surface area contributed by atoms with Crippen molar-refractivity contribution >= 4 is 6.47 Å². The van der Waals surface area contributed by atoms with E-state index in [1.54, 1.807) is 0 Å². The molecule has 5 atom stereocenters. The van der Waals surface area contributed by atoms with Gasteiger partial charge in [-0.1, -0.05) is 0 Å². The summed E-state index contributed by atoms with van der Waals surface area (Å²) in [6.07, 6.45) is -6.85. The molecular formula is C7H12O7. The fourth-order valence-corrected chi connectivity index (χ4v) is 1.18. The second-order valence-corrected chi connectivity index (χ2v) is 2.81. The summed E-state index contributed by atoms with van der Waals surface area (Å²) in [6, 6.07) is 0. The molecule has 1 fully saturated rings. The van der Waals surface area contributed by atoms with Crippen LogP contribution in [0.4, 0.5) is 0 Å². The molecule has 0 radical (unpaired) electrons. The number of methoxy groups -OCH3 is 1. The molecule has 0 spiro atoms. The van der Waals surface area contributed by atoms with Gasteiger partial charge in [-0.15, -0.1) is 0 Å². The highest BCUT2D eigenvalue weighted by Gasteiger charge is 2.45. The lowest BCUT2D eigenvalue weighted by Crippen LogP contribution is -2.58. The van der Waals surface area contributed by atoms with Crippen LogP contribution in [-0.4, -0.2) is 59.8 Å². The summed E-state index contributed by atoms with van der Waals surface area (Å²) in [4.78, 5) is 10.0. The standard InChI is InChI=1S/C7H12O7/c1-12-6-4(10)3(9)5(11)7(14-6)13-2-8/h2-7,9-11H,1H3/t3-,4-,5+,6+,7+/m1/s1. The number of carbonyl (C=O) groups is 1. The summed E-state index contributed by atoms with van der Waals surface area (Å²) in [5.74, 6) is 0. The Hall–Kier alpha value is -0.730. The second kappa shape index (κ2) is 4.67. The molecule has 0 saturated carbocycles. The molecule has 0 unspecified atom stereocenters. The molecule has 3 N–H and O–H groups in total. The van der Waals surface area contributed by atoms with Gasteiger partial charge in [0, 0.05) is 7.11 Å². The summed E-state index contributed by atoms with van der Waals surface area (Å²) in [6.45, 7) is 0.0744. The Kier molecular flexibility index (Phi) is 3.78. The molecule has 0 bridgehead atoms. The molecule has 82 valence electrons. The van der Waals surface area contributed by atoms with Crippen LogP contribution in [0.3, 0.4) is 0 Å². The van der Waals surface area contributed by atoms with Gasteiger partial charge in [-0.05, 0) is 0 Å². The summed E-state index contributed by atoms with van der Waals surface area (Å²) in [7, 11) is 1.25. The Bertz CT molecular complexity index is 194. The van der Waals surface area contributed by atoms with Crippen molar-refractivity contribution in [3.63, 3.8) is 0 Å². The Morgan fingerprint density at radius 1 is 1.14 bits per heavy atom. The van der Waals surface area contributed by atoms with Crippen molar-refractivity contribution in [2.24, 2.45) is 0 Å². The third-order valence-corrected chi connectivity index (χ3v) is 1.95. The van der Waals surface area contributed by atoms with Gasteiger partial charge in [0.25, 0.3) is 6.47 Å². The maximum atomic E-state index is 10.0. The maximum absolute atomic E-state index is 10.0. The molecule has 0 amide bonds. The van der Waals surface area contributed by atoms with Crippen LogP contribution in [0.25, 0.3) is 0 Å². The molecule has 7 heteroatoms. The fourth-order valence-electron chi connectivity index (χ4n) is 1.18. The molecule has 1 aliphatic rings. The van der Waals surface area contributed by atoms with Gasteiger partial charge in [0.15, 0.2) is 6.29 Å². The average Bonchev–Trinajstić information content (AvgIpc) is 2.19. The van der Waals surface area contributed by atoms with Crippen LogP contribution in [0.15, 0.2) is 0 Å². The minimum atomic E-state index is -1.50. The van der Waals surface area contributed by atoms with Gasteiger partial charge in [-0.25, -0.2) is 0 Å². The van der Waals surface area contributed by atoms with E-state index in [-0.39, 0.29) is 6.47 Å². The molecule has 0 aromatic heterocycles. The van der Waals surface area contributed by atoms with Crippen LogP contribution in [0.5, 0.6) is 0 Å². The first-order valence-electron chi connectivity index (χ1n) is 3.93. The van der Waals surface area contributed by atoms with Gasteiger partial charge in [-0.2, -0.15) is 0 Å². The normalized spacial score (nSPS) is 43.3. The van der Waals surface area contributed by atoms with Crippen molar-refractivity contribution in [3.8, 4) is 0 Å². The molecule has 1 saturated heterocycles. The lowest BCUT2D eigenvalue weighted by molar-refractivity contribution is -0.334. The topological polar surface area (TPSA) is 105 Å². The Labute approximate surface area is 79.8 Å². The van der Waals surface area contributed by atoms with Crippen LogP contribution in [0.2, 0.25) is 0 Å². The molecule has 1 rings (SSSR count). The maximum Gasteiger partial charge on any atom is 0.295 e. The lowest BCUT2D eigenvalue weighted by Gasteiger charge is -2.38. The van der Waals surface area contributed by atoms with Crippen molar-refractivity contribution in [2.75, 3.05) is 7.11 Å². The number of rotatable bonds is 3. The van der Waals surface area contributed by atoms with E-state index < -0.39 is 30.9 Å². The van der Waals surface area contributed by atoms with Crippen LogP contribution < -0.4 is 0 Å². The highest BCUT2D eigenvalue weighted by atomic mass is 16.8. The lowest BCUT2D eigenvalue weighted by atomic mass is 10.0. The number of hydrogen-bond acceptors (Lipinski definition) is 7. The summed E-state index contributed by atoms with van der Waals surface area (Å²) >= 11 is 0. The molecule has 1 heterocycles. The van der Waals surface area contributed by atoms with E-state index >= 15 is 0 Å². The van der Waals surface area contributed by atoms with Gasteiger partial charge in [-0.3, -0.25) is 4.79 Å². The van der Waals surface area contributed by atoms with Crippen molar-refractivity contribution in [1.29, 1.82) is 0 Å².